The van der Waals surface area contributed by atoms with Crippen molar-refractivity contribution in [2.75, 3.05) is 31.1 Å². The quantitative estimate of drug-likeness (QED) is 0.838. The molecule has 2 amide bonds. The van der Waals surface area contributed by atoms with Crippen LogP contribution in [0.3, 0.4) is 0 Å². The molecule has 2 aliphatic heterocycles. The standard InChI is InChI=1S/C20H21N3O2S/c1-14-11-16-19(15-7-3-2-4-8-15)21-12-17(24)23(20(16)26-14)13-18(25)22-9-5-6-10-22/h2-4,7-8,11H,5-6,9-10,12-13H2,1H3. The van der Waals surface area contributed by atoms with Gasteiger partial charge in [0.25, 0.3) is 0 Å². The zero-order valence-corrected chi connectivity index (χ0v) is 15.6. The molecule has 6 heteroatoms. The van der Waals surface area contributed by atoms with Crippen molar-refractivity contribution in [2.45, 2.75) is 19.8 Å². The van der Waals surface area contributed by atoms with E-state index < -0.39 is 0 Å². The van der Waals surface area contributed by atoms with Gasteiger partial charge in [-0.3, -0.25) is 19.5 Å². The maximum Gasteiger partial charge on any atom is 0.249 e. The first kappa shape index (κ1) is 17.0. The van der Waals surface area contributed by atoms with Gasteiger partial charge in [0.15, 0.2) is 0 Å². The second kappa shape index (κ2) is 7.03. The Morgan fingerprint density at radius 1 is 1.19 bits per heavy atom. The Morgan fingerprint density at radius 3 is 2.65 bits per heavy atom. The Labute approximate surface area is 157 Å². The first-order valence-electron chi connectivity index (χ1n) is 8.92. The van der Waals surface area contributed by atoms with Crippen LogP contribution in [0.4, 0.5) is 5.00 Å². The van der Waals surface area contributed by atoms with Crippen molar-refractivity contribution in [2.24, 2.45) is 4.99 Å². The smallest absolute Gasteiger partial charge is 0.249 e. The number of amides is 2. The number of anilines is 1. The van der Waals surface area contributed by atoms with Crippen LogP contribution in [0.5, 0.6) is 0 Å². The average Bonchev–Trinajstić information content (AvgIpc) is 3.28. The Kier molecular flexibility index (Phi) is 4.59. The SMILES string of the molecule is Cc1cc2c(s1)N(CC(=O)N1CCCC1)C(=O)CN=C2c1ccccc1. The third-order valence-electron chi connectivity index (χ3n) is 4.81. The summed E-state index contributed by atoms with van der Waals surface area (Å²) in [6, 6.07) is 12.0. The molecule has 0 radical (unpaired) electrons. The van der Waals surface area contributed by atoms with Crippen LogP contribution in [0.15, 0.2) is 41.4 Å². The normalized spacial score (nSPS) is 17.1. The molecular weight excluding hydrogens is 346 g/mol. The molecule has 1 fully saturated rings. The highest BCUT2D eigenvalue weighted by molar-refractivity contribution is 7.16. The molecule has 1 aromatic carbocycles. The first-order chi connectivity index (χ1) is 12.6. The van der Waals surface area contributed by atoms with Crippen LogP contribution in [0.1, 0.15) is 28.8 Å². The van der Waals surface area contributed by atoms with E-state index in [2.05, 4.69) is 11.1 Å². The van der Waals surface area contributed by atoms with Gasteiger partial charge in [-0.15, -0.1) is 11.3 Å². The molecule has 0 atom stereocenters. The van der Waals surface area contributed by atoms with E-state index in [1.165, 1.54) is 0 Å². The Morgan fingerprint density at radius 2 is 1.92 bits per heavy atom. The number of fused-ring (bicyclic) bond motifs is 1. The van der Waals surface area contributed by atoms with E-state index in [0.717, 1.165) is 52.6 Å². The fourth-order valence-corrected chi connectivity index (χ4v) is 4.53. The van der Waals surface area contributed by atoms with Gasteiger partial charge in [0.05, 0.1) is 5.71 Å². The number of carbonyl (C=O) groups excluding carboxylic acids is 2. The zero-order valence-electron chi connectivity index (χ0n) is 14.8. The maximum atomic E-state index is 12.8. The molecule has 2 aromatic rings. The van der Waals surface area contributed by atoms with E-state index in [4.69, 9.17) is 0 Å². The topological polar surface area (TPSA) is 53.0 Å². The van der Waals surface area contributed by atoms with Crippen molar-refractivity contribution in [3.63, 3.8) is 0 Å². The monoisotopic (exact) mass is 367 g/mol. The molecule has 0 unspecified atom stereocenters. The third-order valence-corrected chi connectivity index (χ3v) is 5.88. The molecule has 0 saturated carbocycles. The summed E-state index contributed by atoms with van der Waals surface area (Å²) in [5.74, 6) is -0.0948. The summed E-state index contributed by atoms with van der Waals surface area (Å²) in [4.78, 5) is 34.6. The van der Waals surface area contributed by atoms with Crippen LogP contribution in [-0.2, 0) is 9.59 Å². The molecule has 26 heavy (non-hydrogen) atoms. The molecule has 0 bridgehead atoms. The Hall–Kier alpha value is -2.47. The average molecular weight is 367 g/mol. The number of carbonyl (C=O) groups is 2. The Balaban J connectivity index is 1.70. The zero-order chi connectivity index (χ0) is 18.1. The van der Waals surface area contributed by atoms with Crippen molar-refractivity contribution in [1.29, 1.82) is 0 Å². The largest absolute Gasteiger partial charge is 0.341 e. The minimum atomic E-state index is -0.119. The minimum absolute atomic E-state index is 0.0241. The second-order valence-corrected chi connectivity index (χ2v) is 7.91. The molecule has 0 spiro atoms. The summed E-state index contributed by atoms with van der Waals surface area (Å²) in [5, 5.41) is 0.833. The number of hydrogen-bond acceptors (Lipinski definition) is 4. The number of rotatable bonds is 3. The molecule has 0 N–H and O–H groups in total. The van der Waals surface area contributed by atoms with Crippen LogP contribution in [0.2, 0.25) is 0 Å². The number of aryl methyl sites for hydroxylation is 1. The lowest BCUT2D eigenvalue weighted by molar-refractivity contribution is -0.130. The van der Waals surface area contributed by atoms with E-state index >= 15 is 0 Å². The van der Waals surface area contributed by atoms with Gasteiger partial charge < -0.3 is 4.90 Å². The highest BCUT2D eigenvalue weighted by Crippen LogP contribution is 2.35. The molecule has 1 saturated heterocycles. The van der Waals surface area contributed by atoms with E-state index in [1.807, 2.05) is 42.2 Å². The van der Waals surface area contributed by atoms with Gasteiger partial charge in [-0.2, -0.15) is 0 Å². The molecule has 0 aliphatic carbocycles. The van der Waals surface area contributed by atoms with Crippen LogP contribution in [0, 0.1) is 6.92 Å². The molecule has 5 nitrogen and oxygen atoms in total. The van der Waals surface area contributed by atoms with Crippen molar-refractivity contribution in [3.8, 4) is 0 Å². The van der Waals surface area contributed by atoms with E-state index in [0.29, 0.717) is 0 Å². The van der Waals surface area contributed by atoms with Gasteiger partial charge in [0.1, 0.15) is 18.1 Å². The summed E-state index contributed by atoms with van der Waals surface area (Å²) < 4.78 is 0. The molecule has 4 rings (SSSR count). The number of benzene rings is 1. The van der Waals surface area contributed by atoms with Gasteiger partial charge >= 0.3 is 0 Å². The molecule has 2 aliphatic rings. The van der Waals surface area contributed by atoms with E-state index in [-0.39, 0.29) is 24.9 Å². The molecular formula is C20H21N3O2S. The van der Waals surface area contributed by atoms with Crippen molar-refractivity contribution >= 4 is 33.9 Å². The highest BCUT2D eigenvalue weighted by atomic mass is 32.1. The lowest BCUT2D eigenvalue weighted by Gasteiger charge is -2.23. The molecule has 1 aromatic heterocycles. The number of hydrogen-bond donors (Lipinski definition) is 0. The van der Waals surface area contributed by atoms with Gasteiger partial charge in [-0.1, -0.05) is 30.3 Å². The molecule has 134 valence electrons. The van der Waals surface area contributed by atoms with E-state index in [1.54, 1.807) is 16.2 Å². The van der Waals surface area contributed by atoms with Crippen molar-refractivity contribution in [1.82, 2.24) is 4.90 Å². The van der Waals surface area contributed by atoms with Crippen LogP contribution < -0.4 is 4.90 Å². The van der Waals surface area contributed by atoms with Gasteiger partial charge in [0.2, 0.25) is 11.8 Å². The predicted octanol–water partition coefficient (Wildman–Crippen LogP) is 2.86. The van der Waals surface area contributed by atoms with Crippen molar-refractivity contribution in [3.05, 3.63) is 52.4 Å². The van der Waals surface area contributed by atoms with Gasteiger partial charge in [0, 0.05) is 29.1 Å². The summed E-state index contributed by atoms with van der Waals surface area (Å²) in [5.41, 5.74) is 2.76. The fraction of sp³-hybridized carbons (Fsp3) is 0.350. The highest BCUT2D eigenvalue weighted by Gasteiger charge is 2.30. The number of thiophene rings is 1. The third kappa shape index (κ3) is 3.17. The maximum absolute atomic E-state index is 12.8. The van der Waals surface area contributed by atoms with Crippen molar-refractivity contribution < 1.29 is 9.59 Å². The number of aliphatic imine (C=N–C) groups is 1. The summed E-state index contributed by atoms with van der Waals surface area (Å²) in [6.07, 6.45) is 2.09. The van der Waals surface area contributed by atoms with Crippen LogP contribution >= 0.6 is 11.3 Å². The fourth-order valence-electron chi connectivity index (χ4n) is 3.51. The van der Waals surface area contributed by atoms with Crippen LogP contribution in [0.25, 0.3) is 0 Å². The van der Waals surface area contributed by atoms with E-state index in [9.17, 15) is 9.59 Å². The Bertz CT molecular complexity index is 866. The number of nitrogens with zero attached hydrogens (tertiary/aromatic N) is 3. The molecule has 3 heterocycles. The number of likely N-dealkylation sites (tertiary alicyclic amines) is 1. The lowest BCUT2D eigenvalue weighted by Crippen LogP contribution is -2.42. The van der Waals surface area contributed by atoms with Gasteiger partial charge in [-0.25, -0.2) is 0 Å². The second-order valence-electron chi connectivity index (χ2n) is 6.67. The van der Waals surface area contributed by atoms with Crippen LogP contribution in [-0.4, -0.2) is 48.6 Å². The predicted molar refractivity (Wildman–Crippen MR) is 104 cm³/mol. The summed E-state index contributed by atoms with van der Waals surface area (Å²) in [6.45, 7) is 3.78. The minimum Gasteiger partial charge on any atom is -0.341 e. The van der Waals surface area contributed by atoms with Gasteiger partial charge in [-0.05, 0) is 25.8 Å². The lowest BCUT2D eigenvalue weighted by atomic mass is 10.0. The summed E-state index contributed by atoms with van der Waals surface area (Å²) in [7, 11) is 0. The summed E-state index contributed by atoms with van der Waals surface area (Å²) >= 11 is 1.55. The first-order valence-corrected chi connectivity index (χ1v) is 9.74.